The monoisotopic (exact) mass is 496 g/mol. The number of carbonyl (C=O) groups excluding carboxylic acids is 2. The van der Waals surface area contributed by atoms with E-state index in [1.54, 1.807) is 11.8 Å². The number of para-hydroxylation sites is 1. The summed E-state index contributed by atoms with van der Waals surface area (Å²) in [4.78, 5) is 33.8. The molecule has 2 heterocycles. The number of rotatable bonds is 6. The van der Waals surface area contributed by atoms with Crippen molar-refractivity contribution < 1.29 is 9.59 Å². The zero-order valence-corrected chi connectivity index (χ0v) is 21.9. The van der Waals surface area contributed by atoms with Crippen LogP contribution in [0.5, 0.6) is 0 Å². The van der Waals surface area contributed by atoms with E-state index in [2.05, 4.69) is 11.4 Å². The van der Waals surface area contributed by atoms with Gasteiger partial charge in [-0.05, 0) is 51.8 Å². The zero-order valence-electron chi connectivity index (χ0n) is 21.1. The van der Waals surface area contributed by atoms with E-state index in [0.717, 1.165) is 39.1 Å². The smallest absolute Gasteiger partial charge is 0.264 e. The average Bonchev–Trinajstić information content (AvgIpc) is 3.19. The number of hydrogen-bond donors (Lipinski definition) is 1. The van der Waals surface area contributed by atoms with Crippen LogP contribution in [0.25, 0.3) is 22.2 Å². The third-order valence-corrected chi connectivity index (χ3v) is 7.61. The van der Waals surface area contributed by atoms with Gasteiger partial charge in [0.1, 0.15) is 11.1 Å². The number of thiophene rings is 1. The zero-order chi connectivity index (χ0) is 26.0. The maximum absolute atomic E-state index is 13.8. The van der Waals surface area contributed by atoms with Gasteiger partial charge < -0.3 is 10.2 Å². The molecule has 2 aromatic heterocycles. The molecule has 182 valence electrons. The van der Waals surface area contributed by atoms with Crippen molar-refractivity contribution in [2.75, 3.05) is 18.4 Å². The second-order valence-electron chi connectivity index (χ2n) is 8.65. The molecule has 1 N–H and O–H groups in total. The SMILES string of the molecule is CCN(CC)C(=O)c1sc(NC(=O)c2c(C)c(-c3ccc(C)cc3)nc3ccccc23)c(C#N)c1C. The van der Waals surface area contributed by atoms with E-state index in [1.807, 2.05) is 76.2 Å². The van der Waals surface area contributed by atoms with Crippen molar-refractivity contribution in [2.24, 2.45) is 0 Å². The lowest BCUT2D eigenvalue weighted by Gasteiger charge is -2.17. The van der Waals surface area contributed by atoms with Gasteiger partial charge in [-0.2, -0.15) is 5.26 Å². The molecule has 0 atom stereocenters. The van der Waals surface area contributed by atoms with E-state index in [4.69, 9.17) is 4.98 Å². The summed E-state index contributed by atoms with van der Waals surface area (Å²) < 4.78 is 0. The van der Waals surface area contributed by atoms with Gasteiger partial charge in [-0.25, -0.2) is 4.98 Å². The minimum absolute atomic E-state index is 0.133. The van der Waals surface area contributed by atoms with Crippen LogP contribution in [-0.4, -0.2) is 34.8 Å². The number of pyridine rings is 1. The highest BCUT2D eigenvalue weighted by molar-refractivity contribution is 7.18. The average molecular weight is 497 g/mol. The van der Waals surface area contributed by atoms with Crippen LogP contribution in [0.3, 0.4) is 0 Å². The lowest BCUT2D eigenvalue weighted by Crippen LogP contribution is -2.30. The van der Waals surface area contributed by atoms with E-state index in [9.17, 15) is 14.9 Å². The van der Waals surface area contributed by atoms with Gasteiger partial charge in [-0.3, -0.25) is 9.59 Å². The molecule has 0 radical (unpaired) electrons. The van der Waals surface area contributed by atoms with Crippen LogP contribution in [0.15, 0.2) is 48.5 Å². The van der Waals surface area contributed by atoms with Crippen LogP contribution in [-0.2, 0) is 0 Å². The molecule has 0 spiro atoms. The second-order valence-corrected chi connectivity index (χ2v) is 9.67. The predicted molar refractivity (Wildman–Crippen MR) is 146 cm³/mol. The molecule has 0 bridgehead atoms. The van der Waals surface area contributed by atoms with Crippen molar-refractivity contribution in [3.05, 3.63) is 81.2 Å². The lowest BCUT2D eigenvalue weighted by molar-refractivity contribution is 0.0777. The highest BCUT2D eigenvalue weighted by Crippen LogP contribution is 2.35. The molecule has 0 aliphatic heterocycles. The van der Waals surface area contributed by atoms with Crippen molar-refractivity contribution >= 4 is 39.1 Å². The maximum atomic E-state index is 13.8. The van der Waals surface area contributed by atoms with Crippen molar-refractivity contribution in [1.82, 2.24) is 9.88 Å². The van der Waals surface area contributed by atoms with Gasteiger partial charge in [0.25, 0.3) is 11.8 Å². The predicted octanol–water partition coefficient (Wildman–Crippen LogP) is 6.49. The van der Waals surface area contributed by atoms with Crippen molar-refractivity contribution in [3.63, 3.8) is 0 Å². The molecule has 4 aromatic rings. The van der Waals surface area contributed by atoms with Crippen molar-refractivity contribution in [1.29, 1.82) is 5.26 Å². The summed E-state index contributed by atoms with van der Waals surface area (Å²) in [5.74, 6) is -0.467. The molecule has 0 saturated heterocycles. The van der Waals surface area contributed by atoms with E-state index < -0.39 is 0 Å². The molecule has 2 aromatic carbocycles. The Labute approximate surface area is 215 Å². The number of aromatic nitrogens is 1. The first-order valence-corrected chi connectivity index (χ1v) is 12.7. The van der Waals surface area contributed by atoms with Crippen LogP contribution in [0.1, 0.15) is 56.1 Å². The largest absolute Gasteiger partial charge is 0.338 e. The summed E-state index contributed by atoms with van der Waals surface area (Å²) >= 11 is 1.15. The highest BCUT2D eigenvalue weighted by Gasteiger charge is 2.26. The molecule has 7 heteroatoms. The molecule has 2 amide bonds. The number of nitrogens with zero attached hydrogens (tertiary/aromatic N) is 3. The number of nitrogens with one attached hydrogen (secondary N) is 1. The summed E-state index contributed by atoms with van der Waals surface area (Å²) in [6.07, 6.45) is 0. The third kappa shape index (κ3) is 4.48. The normalized spacial score (nSPS) is 10.8. The molecule has 0 unspecified atom stereocenters. The van der Waals surface area contributed by atoms with Crippen molar-refractivity contribution in [2.45, 2.75) is 34.6 Å². The summed E-state index contributed by atoms with van der Waals surface area (Å²) in [5.41, 5.74) is 5.68. The summed E-state index contributed by atoms with van der Waals surface area (Å²) in [6.45, 7) is 10.6. The Bertz CT molecular complexity index is 1510. The van der Waals surface area contributed by atoms with Gasteiger partial charge >= 0.3 is 0 Å². The molecule has 4 rings (SSSR count). The first-order chi connectivity index (χ1) is 17.3. The van der Waals surface area contributed by atoms with Gasteiger partial charge in [0.05, 0.1) is 27.2 Å². The fourth-order valence-corrected chi connectivity index (χ4v) is 5.47. The Morgan fingerprint density at radius 1 is 1.00 bits per heavy atom. The van der Waals surface area contributed by atoms with Crippen LogP contribution in [0, 0.1) is 32.1 Å². The van der Waals surface area contributed by atoms with Crippen molar-refractivity contribution in [3.8, 4) is 17.3 Å². The number of nitriles is 1. The molecule has 0 aliphatic rings. The molecule has 0 fully saturated rings. The summed E-state index contributed by atoms with van der Waals surface area (Å²) in [5, 5.41) is 13.9. The van der Waals surface area contributed by atoms with Crippen LogP contribution in [0.2, 0.25) is 0 Å². The number of aryl methyl sites for hydroxylation is 1. The Balaban J connectivity index is 1.82. The Kier molecular flexibility index (Phi) is 7.18. The molecule has 0 saturated carbocycles. The number of hydrogen-bond acceptors (Lipinski definition) is 5. The highest BCUT2D eigenvalue weighted by atomic mass is 32.1. The van der Waals surface area contributed by atoms with Gasteiger partial charge in [-0.15, -0.1) is 11.3 Å². The van der Waals surface area contributed by atoms with Crippen LogP contribution < -0.4 is 5.32 Å². The molecular weight excluding hydrogens is 468 g/mol. The van der Waals surface area contributed by atoms with Crippen LogP contribution >= 0.6 is 11.3 Å². The lowest BCUT2D eigenvalue weighted by atomic mass is 9.96. The standard InChI is InChI=1S/C29H28N4O2S/c1-6-33(7-2)29(35)26-18(4)22(16-30)28(36-26)32-27(34)24-19(5)25(20-14-12-17(3)13-15-20)31-23-11-9-8-10-21(23)24/h8-15H,6-7H2,1-5H3,(H,32,34). The second kappa shape index (κ2) is 10.3. The van der Waals surface area contributed by atoms with Gasteiger partial charge in [0, 0.05) is 24.0 Å². The number of carbonyl (C=O) groups is 2. The number of fused-ring (bicyclic) bond motifs is 1. The Morgan fingerprint density at radius 2 is 1.67 bits per heavy atom. The summed E-state index contributed by atoms with van der Waals surface area (Å²) in [7, 11) is 0. The fraction of sp³-hybridized carbons (Fsp3) is 0.241. The fourth-order valence-electron chi connectivity index (χ4n) is 4.35. The van der Waals surface area contributed by atoms with Gasteiger partial charge in [0.2, 0.25) is 0 Å². The minimum atomic E-state index is -0.334. The molecule has 36 heavy (non-hydrogen) atoms. The quantitative estimate of drug-likeness (QED) is 0.330. The van der Waals surface area contributed by atoms with E-state index in [0.29, 0.717) is 45.2 Å². The topological polar surface area (TPSA) is 86.1 Å². The maximum Gasteiger partial charge on any atom is 0.264 e. The number of amides is 2. The van der Waals surface area contributed by atoms with E-state index in [1.165, 1.54) is 0 Å². The van der Waals surface area contributed by atoms with E-state index >= 15 is 0 Å². The third-order valence-electron chi connectivity index (χ3n) is 6.42. The Morgan fingerprint density at radius 3 is 2.31 bits per heavy atom. The minimum Gasteiger partial charge on any atom is -0.338 e. The van der Waals surface area contributed by atoms with E-state index in [-0.39, 0.29) is 11.8 Å². The first-order valence-electron chi connectivity index (χ1n) is 11.9. The molecule has 6 nitrogen and oxygen atoms in total. The Hall–Kier alpha value is -4.02. The van der Waals surface area contributed by atoms with Crippen LogP contribution in [0.4, 0.5) is 5.00 Å². The molecular formula is C29H28N4O2S. The van der Waals surface area contributed by atoms with Gasteiger partial charge in [0.15, 0.2) is 0 Å². The summed E-state index contributed by atoms with van der Waals surface area (Å²) in [6, 6.07) is 17.8. The first kappa shape index (κ1) is 25.1. The van der Waals surface area contributed by atoms with Gasteiger partial charge in [-0.1, -0.05) is 48.0 Å². The number of benzene rings is 2. The molecule has 0 aliphatic carbocycles. The number of anilines is 1.